The third kappa shape index (κ3) is 4.54. The van der Waals surface area contributed by atoms with E-state index in [2.05, 4.69) is 10.5 Å². The highest BCUT2D eigenvalue weighted by Gasteiger charge is 2.06. The van der Waals surface area contributed by atoms with Crippen molar-refractivity contribution in [2.75, 3.05) is 13.7 Å². The summed E-state index contributed by atoms with van der Waals surface area (Å²) in [6, 6.07) is 10.7. The van der Waals surface area contributed by atoms with E-state index in [4.69, 9.17) is 9.47 Å². The van der Waals surface area contributed by atoms with Gasteiger partial charge in [-0.25, -0.2) is 9.82 Å². The van der Waals surface area contributed by atoms with Crippen LogP contribution in [0.4, 0.5) is 4.39 Å². The van der Waals surface area contributed by atoms with E-state index in [-0.39, 0.29) is 5.56 Å². The number of benzene rings is 2. The Morgan fingerprint density at radius 1 is 1.26 bits per heavy atom. The molecule has 5 nitrogen and oxygen atoms in total. The fourth-order valence-electron chi connectivity index (χ4n) is 1.90. The Morgan fingerprint density at radius 3 is 2.78 bits per heavy atom. The van der Waals surface area contributed by atoms with Gasteiger partial charge in [-0.15, -0.1) is 0 Å². The number of hydrogen-bond acceptors (Lipinski definition) is 4. The molecule has 2 aromatic rings. The van der Waals surface area contributed by atoms with Gasteiger partial charge in [0.05, 0.1) is 19.9 Å². The highest BCUT2D eigenvalue weighted by atomic mass is 19.1. The molecule has 120 valence electrons. The van der Waals surface area contributed by atoms with E-state index in [9.17, 15) is 9.18 Å². The molecular formula is C17H17FN2O3. The first-order valence-electron chi connectivity index (χ1n) is 7.04. The first kappa shape index (κ1) is 16.5. The van der Waals surface area contributed by atoms with Gasteiger partial charge in [0.2, 0.25) is 0 Å². The quantitative estimate of drug-likeness (QED) is 0.658. The number of hydrogen-bond donors (Lipinski definition) is 1. The average molecular weight is 316 g/mol. The van der Waals surface area contributed by atoms with E-state index in [1.165, 1.54) is 24.4 Å². The molecule has 0 saturated heterocycles. The number of carbonyl (C=O) groups excluding carboxylic acids is 1. The molecule has 0 unspecified atom stereocenters. The maximum atomic E-state index is 13.1. The van der Waals surface area contributed by atoms with Gasteiger partial charge in [0, 0.05) is 5.56 Å². The predicted molar refractivity (Wildman–Crippen MR) is 85.6 cm³/mol. The molecule has 1 amide bonds. The highest BCUT2D eigenvalue weighted by Crippen LogP contribution is 2.27. The summed E-state index contributed by atoms with van der Waals surface area (Å²) in [5, 5.41) is 3.86. The molecular weight excluding hydrogens is 299 g/mol. The molecule has 6 heteroatoms. The van der Waals surface area contributed by atoms with Crippen LogP contribution in [0.2, 0.25) is 0 Å². The van der Waals surface area contributed by atoms with Crippen molar-refractivity contribution in [1.82, 2.24) is 5.43 Å². The molecule has 2 rings (SSSR count). The maximum absolute atomic E-state index is 13.1. The molecule has 0 fully saturated rings. The lowest BCUT2D eigenvalue weighted by Crippen LogP contribution is -2.17. The van der Waals surface area contributed by atoms with Crippen molar-refractivity contribution < 1.29 is 18.7 Å². The number of methoxy groups -OCH3 is 1. The van der Waals surface area contributed by atoms with Crippen molar-refractivity contribution in [3.8, 4) is 11.5 Å². The fraction of sp³-hybridized carbons (Fsp3) is 0.176. The fourth-order valence-corrected chi connectivity index (χ4v) is 1.90. The zero-order chi connectivity index (χ0) is 16.7. The van der Waals surface area contributed by atoms with Gasteiger partial charge in [-0.1, -0.05) is 6.07 Å². The number of hydrazone groups is 1. The topological polar surface area (TPSA) is 59.9 Å². The normalized spacial score (nSPS) is 10.6. The van der Waals surface area contributed by atoms with Gasteiger partial charge in [-0.2, -0.15) is 5.10 Å². The van der Waals surface area contributed by atoms with Crippen LogP contribution in [0, 0.1) is 5.82 Å². The summed E-state index contributed by atoms with van der Waals surface area (Å²) in [4.78, 5) is 11.8. The lowest BCUT2D eigenvalue weighted by molar-refractivity contribution is 0.0954. The Balaban J connectivity index is 2.04. The Bertz CT molecular complexity index is 717. The number of nitrogens with zero attached hydrogens (tertiary/aromatic N) is 1. The first-order chi connectivity index (χ1) is 11.1. The van der Waals surface area contributed by atoms with Gasteiger partial charge in [-0.3, -0.25) is 4.79 Å². The van der Waals surface area contributed by atoms with Crippen LogP contribution in [0.1, 0.15) is 22.8 Å². The summed E-state index contributed by atoms with van der Waals surface area (Å²) < 4.78 is 23.7. The zero-order valence-corrected chi connectivity index (χ0v) is 12.9. The third-order valence-corrected chi connectivity index (χ3v) is 2.95. The van der Waals surface area contributed by atoms with Gasteiger partial charge in [0.1, 0.15) is 5.82 Å². The molecule has 0 aliphatic carbocycles. The monoisotopic (exact) mass is 316 g/mol. The number of nitrogens with one attached hydrogen (secondary N) is 1. The van der Waals surface area contributed by atoms with Gasteiger partial charge >= 0.3 is 0 Å². The lowest BCUT2D eigenvalue weighted by atomic mass is 10.2. The molecule has 2 aromatic carbocycles. The Labute approximate surface area is 133 Å². The van der Waals surface area contributed by atoms with Crippen LogP contribution >= 0.6 is 0 Å². The summed E-state index contributed by atoms with van der Waals surface area (Å²) in [5.41, 5.74) is 3.27. The maximum Gasteiger partial charge on any atom is 0.271 e. The number of ether oxygens (including phenoxy) is 2. The number of carbonyl (C=O) groups is 1. The van der Waals surface area contributed by atoms with Crippen molar-refractivity contribution in [2.24, 2.45) is 5.10 Å². The second-order valence-electron chi connectivity index (χ2n) is 4.55. The van der Waals surface area contributed by atoms with Crippen LogP contribution in [0.3, 0.4) is 0 Å². The average Bonchev–Trinajstić information content (AvgIpc) is 2.56. The van der Waals surface area contributed by atoms with Gasteiger partial charge < -0.3 is 9.47 Å². The SMILES string of the molecule is CCOc1ccc(/C=N/NC(=O)c2cccc(F)c2)cc1OC. The van der Waals surface area contributed by atoms with Crippen molar-refractivity contribution in [3.05, 3.63) is 59.4 Å². The van der Waals surface area contributed by atoms with E-state index in [0.717, 1.165) is 11.6 Å². The predicted octanol–water partition coefficient (Wildman–Crippen LogP) is 3.00. The van der Waals surface area contributed by atoms with Crippen molar-refractivity contribution in [1.29, 1.82) is 0 Å². The van der Waals surface area contributed by atoms with Crippen molar-refractivity contribution in [2.45, 2.75) is 6.92 Å². The number of amides is 1. The van der Waals surface area contributed by atoms with Gasteiger partial charge in [0.25, 0.3) is 5.91 Å². The Morgan fingerprint density at radius 2 is 2.09 bits per heavy atom. The van der Waals surface area contributed by atoms with Crippen LogP contribution in [-0.4, -0.2) is 25.8 Å². The Kier molecular flexibility index (Phi) is 5.68. The van der Waals surface area contributed by atoms with E-state index in [1.54, 1.807) is 25.3 Å². The first-order valence-corrected chi connectivity index (χ1v) is 7.04. The van der Waals surface area contributed by atoms with Crippen LogP contribution in [0.5, 0.6) is 11.5 Å². The van der Waals surface area contributed by atoms with E-state index >= 15 is 0 Å². The van der Waals surface area contributed by atoms with Crippen LogP contribution < -0.4 is 14.9 Å². The van der Waals surface area contributed by atoms with E-state index in [0.29, 0.717) is 18.1 Å². The second-order valence-corrected chi connectivity index (χ2v) is 4.55. The summed E-state index contributed by atoms with van der Waals surface area (Å²) in [6.45, 7) is 2.42. The smallest absolute Gasteiger partial charge is 0.271 e. The van der Waals surface area contributed by atoms with Crippen molar-refractivity contribution >= 4 is 12.1 Å². The Hall–Kier alpha value is -2.89. The molecule has 0 radical (unpaired) electrons. The molecule has 0 bridgehead atoms. The van der Waals surface area contributed by atoms with E-state index < -0.39 is 11.7 Å². The van der Waals surface area contributed by atoms with Crippen LogP contribution in [0.15, 0.2) is 47.6 Å². The summed E-state index contributed by atoms with van der Waals surface area (Å²) >= 11 is 0. The van der Waals surface area contributed by atoms with E-state index in [1.807, 2.05) is 6.92 Å². The van der Waals surface area contributed by atoms with Crippen LogP contribution in [-0.2, 0) is 0 Å². The number of halogens is 1. The molecule has 0 aliphatic heterocycles. The molecule has 0 aromatic heterocycles. The minimum Gasteiger partial charge on any atom is -0.493 e. The molecule has 0 atom stereocenters. The molecule has 0 spiro atoms. The molecule has 0 saturated carbocycles. The standard InChI is InChI=1S/C17H17FN2O3/c1-3-23-15-8-7-12(9-16(15)22-2)11-19-20-17(21)13-5-4-6-14(18)10-13/h4-11H,3H2,1-2H3,(H,20,21)/b19-11+. The highest BCUT2D eigenvalue weighted by molar-refractivity contribution is 5.94. The van der Waals surface area contributed by atoms with Crippen molar-refractivity contribution in [3.63, 3.8) is 0 Å². The molecule has 0 aliphatic rings. The largest absolute Gasteiger partial charge is 0.493 e. The minimum atomic E-state index is -0.487. The minimum absolute atomic E-state index is 0.200. The van der Waals surface area contributed by atoms with Gasteiger partial charge in [-0.05, 0) is 48.9 Å². The molecule has 23 heavy (non-hydrogen) atoms. The lowest BCUT2D eigenvalue weighted by Gasteiger charge is -2.09. The van der Waals surface area contributed by atoms with Gasteiger partial charge in [0.15, 0.2) is 11.5 Å². The summed E-state index contributed by atoms with van der Waals surface area (Å²) in [6.07, 6.45) is 1.47. The summed E-state index contributed by atoms with van der Waals surface area (Å²) in [5.74, 6) is 0.250. The van der Waals surface area contributed by atoms with Crippen LogP contribution in [0.25, 0.3) is 0 Å². The number of rotatable bonds is 6. The zero-order valence-electron chi connectivity index (χ0n) is 12.9. The molecule has 0 heterocycles. The molecule has 1 N–H and O–H groups in total. The summed E-state index contributed by atoms with van der Waals surface area (Å²) in [7, 11) is 1.55. The second kappa shape index (κ2) is 7.93. The third-order valence-electron chi connectivity index (χ3n) is 2.95.